The molecular weight excluding hydrogens is 308 g/mol. The second-order valence-corrected chi connectivity index (χ2v) is 6.13. The van der Waals surface area contributed by atoms with Crippen molar-refractivity contribution in [2.45, 2.75) is 17.8 Å². The highest BCUT2D eigenvalue weighted by atomic mass is 32.2. The van der Waals surface area contributed by atoms with Gasteiger partial charge in [-0.05, 0) is 18.6 Å². The second-order valence-electron chi connectivity index (χ2n) is 5.17. The molecule has 6 heteroatoms. The molecule has 0 aliphatic heterocycles. The Hall–Kier alpha value is -2.60. The van der Waals surface area contributed by atoms with Gasteiger partial charge in [-0.3, -0.25) is 9.78 Å². The highest BCUT2D eigenvalue weighted by Crippen LogP contribution is 2.22. The Morgan fingerprint density at radius 1 is 1.09 bits per heavy atom. The van der Waals surface area contributed by atoms with E-state index in [9.17, 15) is 4.79 Å². The smallest absolute Gasteiger partial charge is 0.278 e. The summed E-state index contributed by atoms with van der Waals surface area (Å²) >= 11 is 1.44. The van der Waals surface area contributed by atoms with Crippen LogP contribution in [0.4, 0.5) is 5.69 Å². The molecule has 0 fully saturated rings. The fourth-order valence-electron chi connectivity index (χ4n) is 2.11. The van der Waals surface area contributed by atoms with Gasteiger partial charge in [-0.1, -0.05) is 59.8 Å². The number of H-pyrrole nitrogens is 1. The van der Waals surface area contributed by atoms with Crippen LogP contribution >= 0.6 is 11.8 Å². The van der Waals surface area contributed by atoms with Gasteiger partial charge >= 0.3 is 0 Å². The largest absolute Gasteiger partial charge is 0.398 e. The molecule has 1 aromatic heterocycles. The summed E-state index contributed by atoms with van der Waals surface area (Å²) in [5, 5.41) is 8.63. The van der Waals surface area contributed by atoms with Crippen molar-refractivity contribution in [2.75, 3.05) is 5.73 Å². The topological polar surface area (TPSA) is 84.7 Å². The maximum atomic E-state index is 12.2. The highest BCUT2D eigenvalue weighted by Gasteiger charge is 2.10. The summed E-state index contributed by atoms with van der Waals surface area (Å²) < 4.78 is 0. The minimum atomic E-state index is -0.288. The Morgan fingerprint density at radius 3 is 2.52 bits per heavy atom. The average molecular weight is 324 g/mol. The molecule has 3 rings (SSSR count). The lowest BCUT2D eigenvalue weighted by Crippen LogP contribution is -2.14. The van der Waals surface area contributed by atoms with E-state index >= 15 is 0 Å². The lowest BCUT2D eigenvalue weighted by molar-refractivity contribution is 0.824. The maximum absolute atomic E-state index is 12.2. The van der Waals surface area contributed by atoms with Crippen LogP contribution in [0, 0.1) is 6.92 Å². The third kappa shape index (κ3) is 3.60. The summed E-state index contributed by atoms with van der Waals surface area (Å²) in [6.45, 7) is 2.05. The highest BCUT2D eigenvalue weighted by molar-refractivity contribution is 7.98. The van der Waals surface area contributed by atoms with Crippen LogP contribution < -0.4 is 11.3 Å². The van der Waals surface area contributed by atoms with Crippen LogP contribution in [0.25, 0.3) is 11.3 Å². The maximum Gasteiger partial charge on any atom is 0.278 e. The SMILES string of the molecule is Cc1ccc(CSc2nnc(-c3ccccc3N)c(=O)[nH]2)cc1. The monoisotopic (exact) mass is 324 g/mol. The first-order valence-electron chi connectivity index (χ1n) is 7.14. The number of para-hydroxylation sites is 1. The zero-order valence-electron chi connectivity index (χ0n) is 12.6. The molecule has 5 nitrogen and oxygen atoms in total. The molecule has 0 saturated heterocycles. The van der Waals surface area contributed by atoms with Crippen molar-refractivity contribution < 1.29 is 0 Å². The van der Waals surface area contributed by atoms with Gasteiger partial charge in [0.2, 0.25) is 0 Å². The number of hydrogen-bond acceptors (Lipinski definition) is 5. The van der Waals surface area contributed by atoms with Crippen LogP contribution in [0.15, 0.2) is 58.5 Å². The van der Waals surface area contributed by atoms with Crippen LogP contribution in [-0.2, 0) is 5.75 Å². The summed E-state index contributed by atoms with van der Waals surface area (Å²) in [6, 6.07) is 15.4. The molecule has 3 aromatic rings. The Balaban J connectivity index is 1.78. The number of nitrogens with one attached hydrogen (secondary N) is 1. The lowest BCUT2D eigenvalue weighted by atomic mass is 10.1. The van der Waals surface area contributed by atoms with E-state index in [1.165, 1.54) is 22.9 Å². The second kappa shape index (κ2) is 6.66. The van der Waals surface area contributed by atoms with Gasteiger partial charge < -0.3 is 5.73 Å². The molecule has 0 radical (unpaired) electrons. The van der Waals surface area contributed by atoms with Crippen molar-refractivity contribution in [1.29, 1.82) is 0 Å². The van der Waals surface area contributed by atoms with E-state index in [4.69, 9.17) is 5.73 Å². The predicted molar refractivity (Wildman–Crippen MR) is 93.2 cm³/mol. The minimum Gasteiger partial charge on any atom is -0.398 e. The van der Waals surface area contributed by atoms with Gasteiger partial charge in [-0.15, -0.1) is 10.2 Å². The van der Waals surface area contributed by atoms with Gasteiger partial charge in [-0.25, -0.2) is 0 Å². The van der Waals surface area contributed by atoms with Gasteiger partial charge in [0.1, 0.15) is 0 Å². The third-order valence-electron chi connectivity index (χ3n) is 3.39. The summed E-state index contributed by atoms with van der Waals surface area (Å²) in [7, 11) is 0. The van der Waals surface area contributed by atoms with Gasteiger partial charge in [0.25, 0.3) is 5.56 Å². The molecule has 0 bridgehead atoms. The molecular formula is C17H16N4OS. The molecule has 3 N–H and O–H groups in total. The number of benzene rings is 2. The van der Waals surface area contributed by atoms with E-state index in [1.54, 1.807) is 12.1 Å². The zero-order valence-corrected chi connectivity index (χ0v) is 13.4. The van der Waals surface area contributed by atoms with Crippen molar-refractivity contribution >= 4 is 17.4 Å². The van der Waals surface area contributed by atoms with Crippen LogP contribution in [0.5, 0.6) is 0 Å². The molecule has 0 aliphatic rings. The van der Waals surface area contributed by atoms with Gasteiger partial charge in [0, 0.05) is 17.0 Å². The van der Waals surface area contributed by atoms with E-state index in [0.29, 0.717) is 16.4 Å². The molecule has 0 spiro atoms. The van der Waals surface area contributed by atoms with Crippen LogP contribution in [-0.4, -0.2) is 15.2 Å². The molecule has 116 valence electrons. The molecule has 0 saturated carbocycles. The Morgan fingerprint density at radius 2 is 1.83 bits per heavy atom. The van der Waals surface area contributed by atoms with Crippen LogP contribution in [0.2, 0.25) is 0 Å². The number of nitrogens with zero attached hydrogens (tertiary/aromatic N) is 2. The van der Waals surface area contributed by atoms with Gasteiger partial charge in [0.05, 0.1) is 0 Å². The average Bonchev–Trinajstić information content (AvgIpc) is 2.55. The third-order valence-corrected chi connectivity index (χ3v) is 4.32. The minimum absolute atomic E-state index is 0.239. The number of hydrogen-bond donors (Lipinski definition) is 2. The first-order chi connectivity index (χ1) is 11.1. The number of nitrogen functional groups attached to an aromatic ring is 1. The summed E-state index contributed by atoms with van der Waals surface area (Å²) in [6.07, 6.45) is 0. The number of aryl methyl sites for hydroxylation is 1. The van der Waals surface area contributed by atoms with Gasteiger partial charge in [0.15, 0.2) is 10.9 Å². The zero-order chi connectivity index (χ0) is 16.2. The Bertz CT molecular complexity index is 874. The summed E-state index contributed by atoms with van der Waals surface area (Å²) in [4.78, 5) is 15.0. The van der Waals surface area contributed by atoms with Crippen molar-refractivity contribution in [3.63, 3.8) is 0 Å². The van der Waals surface area contributed by atoms with E-state index in [2.05, 4.69) is 39.4 Å². The quantitative estimate of drug-likeness (QED) is 0.569. The van der Waals surface area contributed by atoms with E-state index in [-0.39, 0.29) is 11.3 Å². The molecule has 23 heavy (non-hydrogen) atoms. The van der Waals surface area contributed by atoms with E-state index < -0.39 is 0 Å². The molecule has 1 heterocycles. The molecule has 0 atom stereocenters. The van der Waals surface area contributed by atoms with Crippen LogP contribution in [0.1, 0.15) is 11.1 Å². The van der Waals surface area contributed by atoms with E-state index in [1.807, 2.05) is 19.1 Å². The first-order valence-corrected chi connectivity index (χ1v) is 8.12. The van der Waals surface area contributed by atoms with Crippen molar-refractivity contribution in [3.05, 3.63) is 70.0 Å². The van der Waals surface area contributed by atoms with Crippen molar-refractivity contribution in [1.82, 2.24) is 15.2 Å². The number of anilines is 1. The van der Waals surface area contributed by atoms with Gasteiger partial charge in [-0.2, -0.15) is 0 Å². The number of nitrogens with two attached hydrogens (primary N) is 1. The van der Waals surface area contributed by atoms with Crippen molar-refractivity contribution in [2.24, 2.45) is 0 Å². The number of rotatable bonds is 4. The molecule has 0 unspecified atom stereocenters. The predicted octanol–water partition coefficient (Wildman–Crippen LogP) is 3.01. The first kappa shape index (κ1) is 15.3. The summed E-state index contributed by atoms with van der Waals surface area (Å²) in [5.41, 5.74) is 9.32. The lowest BCUT2D eigenvalue weighted by Gasteiger charge is -2.05. The Kier molecular flexibility index (Phi) is 4.43. The number of thioether (sulfide) groups is 1. The molecule has 0 amide bonds. The van der Waals surface area contributed by atoms with E-state index in [0.717, 1.165) is 5.75 Å². The normalized spacial score (nSPS) is 10.7. The number of aromatic amines is 1. The van der Waals surface area contributed by atoms with Crippen molar-refractivity contribution in [3.8, 4) is 11.3 Å². The fourth-order valence-corrected chi connectivity index (χ4v) is 2.87. The molecule has 0 aliphatic carbocycles. The fraction of sp³-hybridized carbons (Fsp3) is 0.118. The number of aromatic nitrogens is 3. The van der Waals surface area contributed by atoms with Crippen LogP contribution in [0.3, 0.4) is 0 Å². The standard InChI is InChI=1S/C17H16N4OS/c1-11-6-8-12(9-7-11)10-23-17-19-16(22)15(20-21-17)13-4-2-3-5-14(13)18/h2-9H,10,18H2,1H3,(H,19,21,22). The summed E-state index contributed by atoms with van der Waals surface area (Å²) in [5.74, 6) is 0.720. The molecule has 2 aromatic carbocycles. The Labute approximate surface area is 138 Å².